The van der Waals surface area contributed by atoms with Crippen LogP contribution in [0, 0.1) is 0 Å². The molecule has 2 aliphatic rings. The summed E-state index contributed by atoms with van der Waals surface area (Å²) < 4.78 is 0. The first-order valence-corrected chi connectivity index (χ1v) is 6.34. The highest BCUT2D eigenvalue weighted by atomic mass is 16.3. The van der Waals surface area contributed by atoms with Crippen LogP contribution >= 0.6 is 0 Å². The second kappa shape index (κ2) is 4.24. The lowest BCUT2D eigenvalue weighted by molar-refractivity contribution is 0.0286. The van der Waals surface area contributed by atoms with E-state index in [4.69, 9.17) is 0 Å². The molecule has 0 aromatic carbocycles. The fourth-order valence-corrected chi connectivity index (χ4v) is 3.17. The Morgan fingerprint density at radius 2 is 1.94 bits per heavy atom. The first kappa shape index (κ1) is 11.5. The van der Waals surface area contributed by atoms with Crippen molar-refractivity contribution < 1.29 is 9.90 Å². The molecule has 2 saturated heterocycles. The fraction of sp³-hybridized carbons (Fsp3) is 0.538. The van der Waals surface area contributed by atoms with Crippen LogP contribution in [0.2, 0.25) is 0 Å². The molecule has 2 aliphatic heterocycles. The van der Waals surface area contributed by atoms with Crippen molar-refractivity contribution in [3.63, 3.8) is 0 Å². The highest BCUT2D eigenvalue weighted by molar-refractivity contribution is 5.94. The fourth-order valence-electron chi connectivity index (χ4n) is 3.17. The summed E-state index contributed by atoms with van der Waals surface area (Å²) in [5.74, 6) is -0.0364. The summed E-state index contributed by atoms with van der Waals surface area (Å²) in [6.45, 7) is 0. The number of rotatable bonds is 1. The summed E-state index contributed by atoms with van der Waals surface area (Å²) >= 11 is 0. The van der Waals surface area contributed by atoms with E-state index < -0.39 is 0 Å². The normalized spacial score (nSPS) is 30.5. The van der Waals surface area contributed by atoms with Gasteiger partial charge in [-0.15, -0.1) is 0 Å². The van der Waals surface area contributed by atoms with E-state index in [1.54, 1.807) is 6.07 Å². The third kappa shape index (κ3) is 1.84. The van der Waals surface area contributed by atoms with Gasteiger partial charge in [0, 0.05) is 24.3 Å². The number of carbonyl (C=O) groups is 1. The van der Waals surface area contributed by atoms with Crippen molar-refractivity contribution in [2.45, 2.75) is 43.9 Å². The van der Waals surface area contributed by atoms with E-state index in [9.17, 15) is 14.7 Å². The molecule has 18 heavy (non-hydrogen) atoms. The molecule has 2 unspecified atom stereocenters. The molecular weight excluding hydrogens is 232 g/mol. The van der Waals surface area contributed by atoms with E-state index in [0.29, 0.717) is 18.4 Å². The van der Waals surface area contributed by atoms with Crippen LogP contribution in [0.3, 0.4) is 0 Å². The van der Waals surface area contributed by atoms with Crippen molar-refractivity contribution in [3.8, 4) is 0 Å². The molecule has 1 aromatic heterocycles. The Kier molecular flexibility index (Phi) is 2.70. The third-order valence-electron chi connectivity index (χ3n) is 3.97. The Hall–Kier alpha value is -1.62. The largest absolute Gasteiger partial charge is 0.393 e. The quantitative estimate of drug-likeness (QED) is 0.760. The zero-order chi connectivity index (χ0) is 12.7. The molecule has 2 bridgehead atoms. The predicted octanol–water partition coefficient (Wildman–Crippen LogP) is 0.503. The molecule has 5 nitrogen and oxygen atoms in total. The summed E-state index contributed by atoms with van der Waals surface area (Å²) in [5.41, 5.74) is 0.312. The van der Waals surface area contributed by atoms with Crippen LogP contribution in [-0.2, 0) is 0 Å². The van der Waals surface area contributed by atoms with E-state index in [1.807, 2.05) is 4.90 Å². The molecule has 2 atom stereocenters. The number of hydrogen-bond donors (Lipinski definition) is 2. The van der Waals surface area contributed by atoms with Crippen LogP contribution in [0.1, 0.15) is 36.0 Å². The van der Waals surface area contributed by atoms with Gasteiger partial charge in [0.25, 0.3) is 5.91 Å². The van der Waals surface area contributed by atoms with Crippen LogP contribution in [0.4, 0.5) is 0 Å². The Morgan fingerprint density at radius 1 is 1.28 bits per heavy atom. The SMILES string of the molecule is O=C(c1ccc(=O)[nH]c1)N1C2CCC1CC(O)C2. The van der Waals surface area contributed by atoms with Crippen LogP contribution in [0.15, 0.2) is 23.1 Å². The van der Waals surface area contributed by atoms with Gasteiger partial charge in [0.05, 0.1) is 11.7 Å². The van der Waals surface area contributed by atoms with Crippen LogP contribution in [0.25, 0.3) is 0 Å². The number of pyridine rings is 1. The number of amides is 1. The van der Waals surface area contributed by atoms with Crippen molar-refractivity contribution in [2.75, 3.05) is 0 Å². The molecule has 0 radical (unpaired) electrons. The van der Waals surface area contributed by atoms with Gasteiger partial charge in [-0.05, 0) is 31.7 Å². The number of H-pyrrole nitrogens is 1. The van der Waals surface area contributed by atoms with Crippen molar-refractivity contribution in [1.29, 1.82) is 0 Å². The molecule has 5 heteroatoms. The number of aliphatic hydroxyl groups excluding tert-OH is 1. The molecule has 2 N–H and O–H groups in total. The minimum Gasteiger partial charge on any atom is -0.393 e. The zero-order valence-corrected chi connectivity index (χ0v) is 10.0. The Bertz CT molecular complexity index is 491. The number of nitrogens with zero attached hydrogens (tertiary/aromatic N) is 1. The number of nitrogens with one attached hydrogen (secondary N) is 1. The average Bonchev–Trinajstić information content (AvgIpc) is 2.62. The Balaban J connectivity index is 1.85. The number of fused-ring (bicyclic) bond motifs is 2. The topological polar surface area (TPSA) is 73.4 Å². The molecule has 96 valence electrons. The van der Waals surface area contributed by atoms with Crippen molar-refractivity contribution in [1.82, 2.24) is 9.88 Å². The van der Waals surface area contributed by atoms with Gasteiger partial charge in [-0.25, -0.2) is 0 Å². The monoisotopic (exact) mass is 248 g/mol. The van der Waals surface area contributed by atoms with Crippen molar-refractivity contribution in [3.05, 3.63) is 34.2 Å². The lowest BCUT2D eigenvalue weighted by Gasteiger charge is -2.37. The Labute approximate surface area is 104 Å². The highest BCUT2D eigenvalue weighted by Crippen LogP contribution is 2.36. The van der Waals surface area contributed by atoms with E-state index in [2.05, 4.69) is 4.98 Å². The lowest BCUT2D eigenvalue weighted by Crippen LogP contribution is -2.48. The molecule has 0 aliphatic carbocycles. The summed E-state index contributed by atoms with van der Waals surface area (Å²) in [5, 5.41) is 9.71. The average molecular weight is 248 g/mol. The van der Waals surface area contributed by atoms with Gasteiger partial charge in [-0.3, -0.25) is 9.59 Å². The summed E-state index contributed by atoms with van der Waals surface area (Å²) in [6, 6.07) is 3.23. The first-order chi connectivity index (χ1) is 8.65. The van der Waals surface area contributed by atoms with Gasteiger partial charge in [0.1, 0.15) is 0 Å². The second-order valence-electron chi connectivity index (χ2n) is 5.16. The maximum Gasteiger partial charge on any atom is 0.255 e. The van der Waals surface area contributed by atoms with E-state index in [1.165, 1.54) is 12.3 Å². The number of hydrogen-bond acceptors (Lipinski definition) is 3. The van der Waals surface area contributed by atoms with Crippen molar-refractivity contribution in [2.24, 2.45) is 0 Å². The molecule has 1 amide bonds. The summed E-state index contributed by atoms with van der Waals surface area (Å²) in [6.07, 6.45) is 4.47. The van der Waals surface area contributed by atoms with Crippen LogP contribution in [0.5, 0.6) is 0 Å². The van der Waals surface area contributed by atoms with Gasteiger partial charge in [0.2, 0.25) is 5.56 Å². The van der Waals surface area contributed by atoms with Gasteiger partial charge < -0.3 is 15.0 Å². The van der Waals surface area contributed by atoms with Crippen molar-refractivity contribution >= 4 is 5.91 Å². The number of carbonyl (C=O) groups excluding carboxylic acids is 1. The van der Waals surface area contributed by atoms with Gasteiger partial charge in [-0.1, -0.05) is 0 Å². The van der Waals surface area contributed by atoms with E-state index in [-0.39, 0.29) is 29.7 Å². The maximum atomic E-state index is 12.4. The van der Waals surface area contributed by atoms with E-state index >= 15 is 0 Å². The standard InChI is InChI=1S/C13H16N2O3/c16-11-5-9-2-3-10(6-11)15(9)13(18)8-1-4-12(17)14-7-8/h1,4,7,9-11,16H,2-3,5-6H2,(H,14,17). The van der Waals surface area contributed by atoms with E-state index in [0.717, 1.165) is 12.8 Å². The van der Waals surface area contributed by atoms with Gasteiger partial charge in [-0.2, -0.15) is 0 Å². The predicted molar refractivity (Wildman–Crippen MR) is 65.3 cm³/mol. The molecule has 3 rings (SSSR count). The summed E-state index contributed by atoms with van der Waals surface area (Å²) in [7, 11) is 0. The van der Waals surface area contributed by atoms with Crippen LogP contribution < -0.4 is 5.56 Å². The number of aromatic amines is 1. The third-order valence-corrected chi connectivity index (χ3v) is 3.97. The summed E-state index contributed by atoms with van der Waals surface area (Å²) in [4.78, 5) is 27.8. The molecule has 3 heterocycles. The number of aliphatic hydroxyl groups is 1. The molecule has 2 fully saturated rings. The number of aromatic nitrogens is 1. The molecule has 1 aromatic rings. The smallest absolute Gasteiger partial charge is 0.255 e. The Morgan fingerprint density at radius 3 is 2.50 bits per heavy atom. The zero-order valence-electron chi connectivity index (χ0n) is 10.0. The molecule has 0 spiro atoms. The van der Waals surface area contributed by atoms with Gasteiger partial charge in [0.15, 0.2) is 0 Å². The highest BCUT2D eigenvalue weighted by Gasteiger charge is 2.42. The van der Waals surface area contributed by atoms with Crippen LogP contribution in [-0.4, -0.2) is 39.1 Å². The minimum atomic E-state index is -0.276. The molecule has 0 saturated carbocycles. The minimum absolute atomic E-state index is 0.0364. The van der Waals surface area contributed by atoms with Gasteiger partial charge >= 0.3 is 0 Å². The second-order valence-corrected chi connectivity index (χ2v) is 5.16. The lowest BCUT2D eigenvalue weighted by atomic mass is 9.99. The number of piperidine rings is 1. The maximum absolute atomic E-state index is 12.4. The molecular formula is C13H16N2O3. The first-order valence-electron chi connectivity index (χ1n) is 6.34.